The Hall–Kier alpha value is -1.06. The van der Waals surface area contributed by atoms with E-state index < -0.39 is 0 Å². The van der Waals surface area contributed by atoms with Gasteiger partial charge in [-0.05, 0) is 32.4 Å². The van der Waals surface area contributed by atoms with Crippen molar-refractivity contribution in [1.29, 1.82) is 0 Å². The van der Waals surface area contributed by atoms with Crippen LogP contribution in [0.1, 0.15) is 45.2 Å². The molecule has 0 saturated carbocycles. The van der Waals surface area contributed by atoms with Gasteiger partial charge in [-0.25, -0.2) is 0 Å². The molecule has 0 spiro atoms. The van der Waals surface area contributed by atoms with E-state index >= 15 is 0 Å². The van der Waals surface area contributed by atoms with Crippen LogP contribution in [0.4, 0.5) is 0 Å². The van der Waals surface area contributed by atoms with E-state index in [0.717, 1.165) is 31.7 Å². The molecule has 0 aliphatic carbocycles. The highest BCUT2D eigenvalue weighted by atomic mass is 16.5. The monoisotopic (exact) mass is 265 g/mol. The predicted octanol–water partition coefficient (Wildman–Crippen LogP) is 3.55. The molecule has 0 fully saturated rings. The van der Waals surface area contributed by atoms with Gasteiger partial charge in [-0.1, -0.05) is 32.0 Å². The van der Waals surface area contributed by atoms with Gasteiger partial charge in [0, 0.05) is 18.7 Å². The Morgan fingerprint density at radius 3 is 2.58 bits per heavy atom. The first-order valence-corrected chi connectivity index (χ1v) is 7.20. The molecule has 0 amide bonds. The molecule has 108 valence electrons. The van der Waals surface area contributed by atoms with E-state index in [0.29, 0.717) is 0 Å². The molecule has 1 aromatic rings. The molecular weight excluding hydrogens is 238 g/mol. The second-order valence-electron chi connectivity index (χ2n) is 4.78. The van der Waals surface area contributed by atoms with Gasteiger partial charge in [-0.2, -0.15) is 0 Å². The lowest BCUT2D eigenvalue weighted by Crippen LogP contribution is -2.25. The smallest absolute Gasteiger partial charge is 0.124 e. The molecule has 2 unspecified atom stereocenters. The third kappa shape index (κ3) is 5.21. The molecule has 0 radical (unpaired) electrons. The first-order valence-electron chi connectivity index (χ1n) is 7.20. The van der Waals surface area contributed by atoms with Gasteiger partial charge >= 0.3 is 0 Å². The topological polar surface area (TPSA) is 30.5 Å². The molecule has 0 aliphatic heterocycles. The minimum Gasteiger partial charge on any atom is -0.493 e. The van der Waals surface area contributed by atoms with E-state index in [1.807, 2.05) is 12.1 Å². The van der Waals surface area contributed by atoms with Crippen LogP contribution >= 0.6 is 0 Å². The van der Waals surface area contributed by atoms with Crippen LogP contribution in [0.2, 0.25) is 0 Å². The van der Waals surface area contributed by atoms with E-state index in [9.17, 15) is 0 Å². The number of hydrogen-bond donors (Lipinski definition) is 1. The number of nitrogens with one attached hydrogen (secondary N) is 1. The molecule has 0 saturated heterocycles. The standard InChI is InChI=1S/C16H27NO2/c1-5-11-19-16-10-8-7-9-14(16)15(17-6-2)12-13(3)18-4/h7-10,13,15,17H,5-6,11-12H2,1-4H3. The lowest BCUT2D eigenvalue weighted by Gasteiger charge is -2.23. The van der Waals surface area contributed by atoms with Crippen molar-refractivity contribution in [3.05, 3.63) is 29.8 Å². The van der Waals surface area contributed by atoms with Crippen LogP contribution in [0.5, 0.6) is 5.75 Å². The number of rotatable bonds is 9. The zero-order chi connectivity index (χ0) is 14.1. The molecular formula is C16H27NO2. The summed E-state index contributed by atoms with van der Waals surface area (Å²) in [4.78, 5) is 0. The Morgan fingerprint density at radius 2 is 1.95 bits per heavy atom. The first-order chi connectivity index (χ1) is 9.22. The van der Waals surface area contributed by atoms with E-state index in [1.54, 1.807) is 7.11 Å². The average Bonchev–Trinajstić information content (AvgIpc) is 2.44. The molecule has 0 aliphatic rings. The summed E-state index contributed by atoms with van der Waals surface area (Å²) in [6.07, 6.45) is 2.19. The largest absolute Gasteiger partial charge is 0.493 e. The fourth-order valence-corrected chi connectivity index (χ4v) is 2.11. The Balaban J connectivity index is 2.87. The Morgan fingerprint density at radius 1 is 1.21 bits per heavy atom. The van der Waals surface area contributed by atoms with Gasteiger partial charge < -0.3 is 14.8 Å². The summed E-state index contributed by atoms with van der Waals surface area (Å²) < 4.78 is 11.2. The van der Waals surface area contributed by atoms with E-state index in [-0.39, 0.29) is 12.1 Å². The minimum absolute atomic E-state index is 0.225. The van der Waals surface area contributed by atoms with Crippen molar-refractivity contribution in [3.63, 3.8) is 0 Å². The second kappa shape index (κ2) is 8.94. The van der Waals surface area contributed by atoms with E-state index in [2.05, 4.69) is 38.2 Å². The lowest BCUT2D eigenvalue weighted by molar-refractivity contribution is 0.100. The summed E-state index contributed by atoms with van der Waals surface area (Å²) >= 11 is 0. The van der Waals surface area contributed by atoms with Crippen LogP contribution in [0.25, 0.3) is 0 Å². The van der Waals surface area contributed by atoms with Gasteiger partial charge in [0.15, 0.2) is 0 Å². The van der Waals surface area contributed by atoms with Crippen LogP contribution in [-0.2, 0) is 4.74 Å². The number of benzene rings is 1. The van der Waals surface area contributed by atoms with E-state index in [4.69, 9.17) is 9.47 Å². The van der Waals surface area contributed by atoms with Crippen LogP contribution in [-0.4, -0.2) is 26.4 Å². The molecule has 0 heterocycles. The molecule has 19 heavy (non-hydrogen) atoms. The summed E-state index contributed by atoms with van der Waals surface area (Å²) in [6, 6.07) is 8.55. The molecule has 0 bridgehead atoms. The van der Waals surface area contributed by atoms with Crippen molar-refractivity contribution >= 4 is 0 Å². The fraction of sp³-hybridized carbons (Fsp3) is 0.625. The Bertz CT molecular complexity index is 354. The van der Waals surface area contributed by atoms with Gasteiger partial charge in [0.2, 0.25) is 0 Å². The van der Waals surface area contributed by atoms with Gasteiger partial charge in [0.05, 0.1) is 12.7 Å². The maximum atomic E-state index is 5.85. The number of ether oxygens (including phenoxy) is 2. The molecule has 1 rings (SSSR count). The number of para-hydroxylation sites is 1. The molecule has 3 heteroatoms. The van der Waals surface area contributed by atoms with E-state index in [1.165, 1.54) is 5.56 Å². The van der Waals surface area contributed by atoms with Crippen molar-refractivity contribution in [2.45, 2.75) is 45.8 Å². The van der Waals surface area contributed by atoms with Gasteiger partial charge in [-0.15, -0.1) is 0 Å². The third-order valence-corrected chi connectivity index (χ3v) is 3.18. The third-order valence-electron chi connectivity index (χ3n) is 3.18. The second-order valence-corrected chi connectivity index (χ2v) is 4.78. The fourth-order valence-electron chi connectivity index (χ4n) is 2.11. The van der Waals surface area contributed by atoms with Crippen molar-refractivity contribution in [2.75, 3.05) is 20.3 Å². The highest BCUT2D eigenvalue weighted by molar-refractivity contribution is 5.36. The average molecular weight is 265 g/mol. The molecule has 1 aromatic carbocycles. The van der Waals surface area contributed by atoms with Gasteiger partial charge in [-0.3, -0.25) is 0 Å². The normalized spacial score (nSPS) is 14.1. The summed E-state index contributed by atoms with van der Waals surface area (Å²) in [5.74, 6) is 0.985. The summed E-state index contributed by atoms with van der Waals surface area (Å²) in [7, 11) is 1.76. The van der Waals surface area contributed by atoms with Gasteiger partial charge in [0.25, 0.3) is 0 Å². The van der Waals surface area contributed by atoms with Crippen LogP contribution in [0.15, 0.2) is 24.3 Å². The van der Waals surface area contributed by atoms with Crippen molar-refractivity contribution < 1.29 is 9.47 Å². The van der Waals surface area contributed by atoms with Gasteiger partial charge in [0.1, 0.15) is 5.75 Å². The SMILES string of the molecule is CCCOc1ccccc1C(CC(C)OC)NCC. The van der Waals surface area contributed by atoms with Crippen LogP contribution < -0.4 is 10.1 Å². The Labute approximate surface area is 117 Å². The molecule has 1 N–H and O–H groups in total. The first kappa shape index (κ1) is 16.0. The van der Waals surface area contributed by atoms with Crippen LogP contribution in [0, 0.1) is 0 Å². The quantitative estimate of drug-likeness (QED) is 0.740. The molecule has 3 nitrogen and oxygen atoms in total. The van der Waals surface area contributed by atoms with Crippen molar-refractivity contribution in [2.24, 2.45) is 0 Å². The summed E-state index contributed by atoms with van der Waals surface area (Å²) in [5, 5.41) is 3.52. The van der Waals surface area contributed by atoms with Crippen LogP contribution in [0.3, 0.4) is 0 Å². The zero-order valence-electron chi connectivity index (χ0n) is 12.6. The highest BCUT2D eigenvalue weighted by Gasteiger charge is 2.17. The summed E-state index contributed by atoms with van der Waals surface area (Å²) in [6.45, 7) is 8.04. The number of hydrogen-bond acceptors (Lipinski definition) is 3. The molecule has 2 atom stereocenters. The highest BCUT2D eigenvalue weighted by Crippen LogP contribution is 2.28. The maximum Gasteiger partial charge on any atom is 0.124 e. The molecule has 0 aromatic heterocycles. The Kier molecular flexibility index (Phi) is 7.53. The maximum absolute atomic E-state index is 5.85. The summed E-state index contributed by atoms with van der Waals surface area (Å²) in [5.41, 5.74) is 1.22. The number of methoxy groups -OCH3 is 1. The predicted molar refractivity (Wildman–Crippen MR) is 79.7 cm³/mol. The van der Waals surface area contributed by atoms with Crippen molar-refractivity contribution in [3.8, 4) is 5.75 Å². The minimum atomic E-state index is 0.225. The zero-order valence-corrected chi connectivity index (χ0v) is 12.6. The van der Waals surface area contributed by atoms with Crippen molar-refractivity contribution in [1.82, 2.24) is 5.32 Å². The lowest BCUT2D eigenvalue weighted by atomic mass is 10.00.